The Morgan fingerprint density at radius 1 is 1.40 bits per heavy atom. The summed E-state index contributed by atoms with van der Waals surface area (Å²) < 4.78 is 35.3. The number of hydrogen-bond acceptors (Lipinski definition) is 3. The molecule has 1 rings (SSSR count). The molecule has 1 aromatic rings. The van der Waals surface area contributed by atoms with Gasteiger partial charge in [-0.25, -0.2) is 4.98 Å². The fourth-order valence-electron chi connectivity index (χ4n) is 0.554. The second-order valence-electron chi connectivity index (χ2n) is 2.42. The van der Waals surface area contributed by atoms with E-state index in [-0.39, 0.29) is 5.75 Å². The van der Waals surface area contributed by atoms with Gasteiger partial charge in [0.15, 0.2) is 0 Å². The van der Waals surface area contributed by atoms with Gasteiger partial charge in [-0.05, 0) is 12.1 Å². The summed E-state index contributed by atoms with van der Waals surface area (Å²) in [6.07, 6.45) is -3.68. The van der Waals surface area contributed by atoms with Crippen LogP contribution in [-0.4, -0.2) is 21.2 Å². The number of carboxylic acids is 1. The van der Waals surface area contributed by atoms with Gasteiger partial charge in [-0.3, -0.25) is 4.79 Å². The van der Waals surface area contributed by atoms with Crippen molar-refractivity contribution >= 4 is 5.97 Å². The van der Waals surface area contributed by atoms with Crippen LogP contribution in [0.3, 0.4) is 0 Å². The van der Waals surface area contributed by atoms with Crippen molar-refractivity contribution < 1.29 is 28.2 Å². The second-order valence-corrected chi connectivity index (χ2v) is 2.42. The Bertz CT molecular complexity index is 317. The second kappa shape index (κ2) is 5.18. The lowest BCUT2D eigenvalue weighted by Gasteiger charge is -2.03. The van der Waals surface area contributed by atoms with E-state index in [1.807, 2.05) is 0 Å². The highest BCUT2D eigenvalue weighted by atomic mass is 19.4. The quantitative estimate of drug-likeness (QED) is 0.704. The van der Waals surface area contributed by atoms with E-state index in [2.05, 4.69) is 4.98 Å². The van der Waals surface area contributed by atoms with Crippen LogP contribution in [-0.2, 0) is 11.0 Å². The molecule has 0 aliphatic carbocycles. The summed E-state index contributed by atoms with van der Waals surface area (Å²) >= 11 is 0. The fourth-order valence-corrected chi connectivity index (χ4v) is 0.554. The van der Waals surface area contributed by atoms with Crippen molar-refractivity contribution in [1.82, 2.24) is 4.98 Å². The third-order valence-electron chi connectivity index (χ3n) is 1.04. The van der Waals surface area contributed by atoms with Gasteiger partial charge < -0.3 is 10.2 Å². The van der Waals surface area contributed by atoms with Crippen LogP contribution in [0.5, 0.6) is 5.75 Å². The third kappa shape index (κ3) is 6.30. The van der Waals surface area contributed by atoms with Gasteiger partial charge in [0.05, 0.1) is 6.20 Å². The minimum absolute atomic E-state index is 0.280. The van der Waals surface area contributed by atoms with Gasteiger partial charge in [-0.2, -0.15) is 13.2 Å². The van der Waals surface area contributed by atoms with E-state index in [0.29, 0.717) is 0 Å². The predicted molar refractivity (Wildman–Crippen MR) is 44.2 cm³/mol. The molecule has 0 fully saturated rings. The number of alkyl halides is 3. The molecule has 84 valence electrons. The molecule has 2 N–H and O–H groups in total. The molecule has 15 heavy (non-hydrogen) atoms. The van der Waals surface area contributed by atoms with Gasteiger partial charge >= 0.3 is 6.18 Å². The Morgan fingerprint density at radius 3 is 2.13 bits per heavy atom. The monoisotopic (exact) mass is 223 g/mol. The smallest absolute Gasteiger partial charge is 0.433 e. The molecule has 0 bridgehead atoms. The molecule has 0 aromatic carbocycles. The maximum Gasteiger partial charge on any atom is 0.433 e. The highest BCUT2D eigenvalue weighted by Crippen LogP contribution is 2.27. The van der Waals surface area contributed by atoms with Crippen molar-refractivity contribution in [3.63, 3.8) is 0 Å². The first-order valence-corrected chi connectivity index (χ1v) is 3.65. The maximum absolute atomic E-state index is 11.8. The molecule has 0 unspecified atom stereocenters. The standard InChI is InChI=1S/C6H4F3NO.C2H4O2/c7-6(8,9)5-2-1-4(11)3-10-5;1-2(3)4/h1-3,11H;1H3,(H,3,4). The first-order valence-electron chi connectivity index (χ1n) is 3.65. The van der Waals surface area contributed by atoms with Crippen molar-refractivity contribution in [1.29, 1.82) is 0 Å². The molecular weight excluding hydrogens is 215 g/mol. The highest BCUT2D eigenvalue weighted by Gasteiger charge is 2.31. The molecule has 0 atom stereocenters. The largest absolute Gasteiger partial charge is 0.506 e. The number of aromatic hydroxyl groups is 1. The molecule has 0 amide bonds. The summed E-state index contributed by atoms with van der Waals surface area (Å²) in [5.41, 5.74) is -1.00. The van der Waals surface area contributed by atoms with Gasteiger partial charge in [-0.1, -0.05) is 0 Å². The average molecular weight is 223 g/mol. The van der Waals surface area contributed by atoms with Crippen LogP contribution in [0.25, 0.3) is 0 Å². The van der Waals surface area contributed by atoms with Crippen molar-refractivity contribution in [2.45, 2.75) is 13.1 Å². The van der Waals surface area contributed by atoms with E-state index in [4.69, 9.17) is 15.0 Å². The SMILES string of the molecule is CC(=O)O.Oc1ccc(C(F)(F)F)nc1. The number of aliphatic carboxylic acids is 1. The minimum Gasteiger partial charge on any atom is -0.506 e. The highest BCUT2D eigenvalue weighted by molar-refractivity contribution is 5.62. The van der Waals surface area contributed by atoms with Crippen LogP contribution in [0.2, 0.25) is 0 Å². The molecular formula is C8H8F3NO3. The van der Waals surface area contributed by atoms with Crippen LogP contribution in [0.1, 0.15) is 12.6 Å². The summed E-state index contributed by atoms with van der Waals surface area (Å²) in [7, 11) is 0. The zero-order valence-corrected chi connectivity index (χ0v) is 7.62. The van der Waals surface area contributed by atoms with Crippen LogP contribution in [0.15, 0.2) is 18.3 Å². The first kappa shape index (κ1) is 13.2. The molecule has 0 radical (unpaired) electrons. The number of halogens is 3. The number of hydrogen-bond donors (Lipinski definition) is 2. The van der Waals surface area contributed by atoms with E-state index >= 15 is 0 Å². The van der Waals surface area contributed by atoms with Crippen LogP contribution in [0, 0.1) is 0 Å². The minimum atomic E-state index is -4.44. The van der Waals surface area contributed by atoms with E-state index in [1.54, 1.807) is 0 Å². The number of pyridine rings is 1. The Labute approximate surface area is 83.0 Å². The third-order valence-corrected chi connectivity index (χ3v) is 1.04. The lowest BCUT2D eigenvalue weighted by Crippen LogP contribution is -2.06. The molecule has 7 heteroatoms. The molecule has 0 aliphatic heterocycles. The average Bonchev–Trinajstić information content (AvgIpc) is 2.01. The zero-order chi connectivity index (χ0) is 12.1. The summed E-state index contributed by atoms with van der Waals surface area (Å²) in [5, 5.41) is 16.0. The van der Waals surface area contributed by atoms with Gasteiger partial charge in [0.25, 0.3) is 5.97 Å². The van der Waals surface area contributed by atoms with E-state index in [1.165, 1.54) is 0 Å². The summed E-state index contributed by atoms with van der Waals surface area (Å²) in [4.78, 5) is 12.0. The number of carbonyl (C=O) groups is 1. The topological polar surface area (TPSA) is 70.4 Å². The van der Waals surface area contributed by atoms with Gasteiger partial charge in [0.2, 0.25) is 0 Å². The van der Waals surface area contributed by atoms with Gasteiger partial charge in [-0.15, -0.1) is 0 Å². The molecule has 0 saturated carbocycles. The molecule has 1 heterocycles. The normalized spacial score (nSPS) is 10.1. The Morgan fingerprint density at radius 2 is 1.87 bits per heavy atom. The molecule has 0 spiro atoms. The number of carboxylic acid groups (broad SMARTS) is 1. The van der Waals surface area contributed by atoms with Gasteiger partial charge in [0.1, 0.15) is 11.4 Å². The number of rotatable bonds is 0. The van der Waals surface area contributed by atoms with Crippen molar-refractivity contribution in [3.05, 3.63) is 24.0 Å². The Balaban J connectivity index is 0.000000423. The van der Waals surface area contributed by atoms with E-state index in [9.17, 15) is 13.2 Å². The Hall–Kier alpha value is -1.79. The summed E-state index contributed by atoms with van der Waals surface area (Å²) in [6, 6.07) is 1.66. The Kier molecular flexibility index (Phi) is 4.56. The van der Waals surface area contributed by atoms with E-state index < -0.39 is 17.8 Å². The zero-order valence-electron chi connectivity index (χ0n) is 7.62. The predicted octanol–water partition coefficient (Wildman–Crippen LogP) is 1.90. The molecule has 1 aromatic heterocycles. The number of nitrogens with zero attached hydrogens (tertiary/aromatic N) is 1. The fraction of sp³-hybridized carbons (Fsp3) is 0.250. The van der Waals surface area contributed by atoms with Crippen LogP contribution in [0.4, 0.5) is 13.2 Å². The summed E-state index contributed by atoms with van der Waals surface area (Å²) in [5.74, 6) is -1.11. The maximum atomic E-state index is 11.8. The van der Waals surface area contributed by atoms with Crippen LogP contribution < -0.4 is 0 Å². The molecule has 0 aliphatic rings. The van der Waals surface area contributed by atoms with Crippen molar-refractivity contribution in [2.75, 3.05) is 0 Å². The summed E-state index contributed by atoms with van der Waals surface area (Å²) in [6.45, 7) is 1.08. The lowest BCUT2D eigenvalue weighted by molar-refractivity contribution is -0.141. The van der Waals surface area contributed by atoms with Gasteiger partial charge in [0, 0.05) is 6.92 Å². The van der Waals surface area contributed by atoms with Crippen molar-refractivity contribution in [2.24, 2.45) is 0 Å². The van der Waals surface area contributed by atoms with Crippen molar-refractivity contribution in [3.8, 4) is 5.75 Å². The van der Waals surface area contributed by atoms with E-state index in [0.717, 1.165) is 25.3 Å². The lowest BCUT2D eigenvalue weighted by atomic mass is 10.3. The van der Waals surface area contributed by atoms with Crippen LogP contribution >= 0.6 is 0 Å². The molecule has 4 nitrogen and oxygen atoms in total. The number of aromatic nitrogens is 1. The first-order chi connectivity index (χ1) is 6.73. The molecule has 0 saturated heterocycles.